The fourth-order valence-electron chi connectivity index (χ4n) is 1.34. The standard InChI is InChI=1S/C12H16O4/c1-8(13)10-6-4-5-7-11(10)16-9(2)12(14)15-3/h4-9,13H,1-3H3/t8-,9?/m1/s1. The first-order valence-corrected chi connectivity index (χ1v) is 5.07. The zero-order valence-electron chi connectivity index (χ0n) is 9.64. The molecule has 0 saturated carbocycles. The fourth-order valence-corrected chi connectivity index (χ4v) is 1.34. The third-order valence-electron chi connectivity index (χ3n) is 2.21. The minimum absolute atomic E-state index is 0.444. The minimum Gasteiger partial charge on any atom is -0.479 e. The van der Waals surface area contributed by atoms with E-state index in [9.17, 15) is 9.90 Å². The second kappa shape index (κ2) is 5.51. The van der Waals surface area contributed by atoms with Crippen LogP contribution in [0.15, 0.2) is 24.3 Å². The number of hydrogen-bond acceptors (Lipinski definition) is 4. The first kappa shape index (κ1) is 12.5. The molecule has 0 aliphatic carbocycles. The van der Waals surface area contributed by atoms with Gasteiger partial charge in [-0.2, -0.15) is 0 Å². The van der Waals surface area contributed by atoms with Gasteiger partial charge >= 0.3 is 5.97 Å². The highest BCUT2D eigenvalue weighted by atomic mass is 16.6. The molecule has 0 aromatic heterocycles. The summed E-state index contributed by atoms with van der Waals surface area (Å²) in [7, 11) is 1.31. The number of para-hydroxylation sites is 1. The normalized spacial score (nSPS) is 14.0. The van der Waals surface area contributed by atoms with Gasteiger partial charge in [0.2, 0.25) is 0 Å². The molecule has 88 valence electrons. The van der Waals surface area contributed by atoms with Crippen molar-refractivity contribution in [3.05, 3.63) is 29.8 Å². The Hall–Kier alpha value is -1.55. The van der Waals surface area contributed by atoms with Crippen molar-refractivity contribution < 1.29 is 19.4 Å². The predicted octanol–water partition coefficient (Wildman–Crippen LogP) is 1.68. The van der Waals surface area contributed by atoms with Crippen LogP contribution in [-0.2, 0) is 9.53 Å². The molecule has 2 atom stereocenters. The fraction of sp³-hybridized carbons (Fsp3) is 0.417. The van der Waals surface area contributed by atoms with Gasteiger partial charge in [0.25, 0.3) is 0 Å². The molecule has 4 heteroatoms. The van der Waals surface area contributed by atoms with Crippen LogP contribution in [0.5, 0.6) is 5.75 Å². The molecule has 0 aliphatic rings. The zero-order valence-corrected chi connectivity index (χ0v) is 9.64. The molecule has 0 amide bonds. The first-order chi connectivity index (χ1) is 7.56. The lowest BCUT2D eigenvalue weighted by Crippen LogP contribution is -2.25. The van der Waals surface area contributed by atoms with Crippen molar-refractivity contribution in [2.75, 3.05) is 7.11 Å². The largest absolute Gasteiger partial charge is 0.479 e. The van der Waals surface area contributed by atoms with E-state index in [1.54, 1.807) is 38.1 Å². The van der Waals surface area contributed by atoms with Crippen molar-refractivity contribution in [3.8, 4) is 5.75 Å². The Labute approximate surface area is 94.8 Å². The van der Waals surface area contributed by atoms with E-state index in [2.05, 4.69) is 4.74 Å². The van der Waals surface area contributed by atoms with Crippen LogP contribution in [0.1, 0.15) is 25.5 Å². The lowest BCUT2D eigenvalue weighted by atomic mass is 10.1. The molecule has 16 heavy (non-hydrogen) atoms. The summed E-state index contributed by atoms with van der Waals surface area (Å²) in [5, 5.41) is 9.52. The van der Waals surface area contributed by atoms with Gasteiger partial charge in [-0.15, -0.1) is 0 Å². The van der Waals surface area contributed by atoms with Crippen molar-refractivity contribution in [3.63, 3.8) is 0 Å². The summed E-state index contributed by atoms with van der Waals surface area (Å²) in [5.74, 6) is 0.0517. The van der Waals surface area contributed by atoms with Crippen molar-refractivity contribution in [1.29, 1.82) is 0 Å². The summed E-state index contributed by atoms with van der Waals surface area (Å²) in [6.45, 7) is 3.25. The van der Waals surface area contributed by atoms with Crippen molar-refractivity contribution in [1.82, 2.24) is 0 Å². The molecule has 0 aliphatic heterocycles. The summed E-state index contributed by atoms with van der Waals surface area (Å²) < 4.78 is 9.98. The molecule has 0 radical (unpaired) electrons. The number of hydrogen-bond donors (Lipinski definition) is 1. The van der Waals surface area contributed by atoms with Crippen molar-refractivity contribution in [2.45, 2.75) is 26.1 Å². The lowest BCUT2D eigenvalue weighted by Gasteiger charge is -2.16. The molecular formula is C12H16O4. The summed E-state index contributed by atoms with van der Waals surface area (Å²) in [6.07, 6.45) is -1.33. The van der Waals surface area contributed by atoms with Crippen LogP contribution in [0.3, 0.4) is 0 Å². The molecule has 0 saturated heterocycles. The van der Waals surface area contributed by atoms with Gasteiger partial charge in [-0.1, -0.05) is 18.2 Å². The second-order valence-corrected chi connectivity index (χ2v) is 3.50. The van der Waals surface area contributed by atoms with Crippen LogP contribution < -0.4 is 4.74 Å². The number of benzene rings is 1. The van der Waals surface area contributed by atoms with Crippen molar-refractivity contribution >= 4 is 5.97 Å². The van der Waals surface area contributed by atoms with Gasteiger partial charge < -0.3 is 14.6 Å². The molecule has 0 heterocycles. The van der Waals surface area contributed by atoms with E-state index < -0.39 is 18.2 Å². The Kier molecular flexibility index (Phi) is 4.31. The Bertz CT molecular complexity index is 360. The van der Waals surface area contributed by atoms with Gasteiger partial charge in [0.15, 0.2) is 6.10 Å². The number of ether oxygens (including phenoxy) is 2. The molecule has 1 unspecified atom stereocenters. The number of carbonyl (C=O) groups is 1. The average Bonchev–Trinajstić information content (AvgIpc) is 2.28. The molecule has 1 aromatic carbocycles. The van der Waals surface area contributed by atoms with Crippen LogP contribution in [0.25, 0.3) is 0 Å². The second-order valence-electron chi connectivity index (χ2n) is 3.50. The summed E-state index contributed by atoms with van der Waals surface area (Å²) in [4.78, 5) is 11.2. The minimum atomic E-state index is -0.690. The highest BCUT2D eigenvalue weighted by Gasteiger charge is 2.17. The van der Waals surface area contributed by atoms with Gasteiger partial charge in [-0.05, 0) is 19.9 Å². The number of aliphatic hydroxyl groups is 1. The van der Waals surface area contributed by atoms with E-state index in [1.807, 2.05) is 0 Å². The summed E-state index contributed by atoms with van der Waals surface area (Å²) in [5.41, 5.74) is 0.651. The van der Waals surface area contributed by atoms with Crippen molar-refractivity contribution in [2.24, 2.45) is 0 Å². The lowest BCUT2D eigenvalue weighted by molar-refractivity contribution is -0.147. The number of aliphatic hydroxyl groups excluding tert-OH is 1. The highest BCUT2D eigenvalue weighted by Crippen LogP contribution is 2.25. The molecule has 0 bridgehead atoms. The van der Waals surface area contributed by atoms with Gasteiger partial charge in [0.05, 0.1) is 13.2 Å². The summed E-state index contributed by atoms with van der Waals surface area (Å²) in [6, 6.07) is 7.05. The molecule has 0 fully saturated rings. The summed E-state index contributed by atoms with van der Waals surface area (Å²) >= 11 is 0. The number of esters is 1. The van der Waals surface area contributed by atoms with E-state index in [0.29, 0.717) is 11.3 Å². The molecule has 1 N–H and O–H groups in total. The quantitative estimate of drug-likeness (QED) is 0.790. The maximum atomic E-state index is 11.2. The molecule has 1 rings (SSSR count). The molecular weight excluding hydrogens is 208 g/mol. The monoisotopic (exact) mass is 224 g/mol. The Balaban J connectivity index is 2.84. The zero-order chi connectivity index (χ0) is 12.1. The smallest absolute Gasteiger partial charge is 0.346 e. The van der Waals surface area contributed by atoms with Crippen LogP contribution in [0.4, 0.5) is 0 Å². The third-order valence-corrected chi connectivity index (χ3v) is 2.21. The highest BCUT2D eigenvalue weighted by molar-refractivity contribution is 5.74. The van der Waals surface area contributed by atoms with Crippen LogP contribution in [0.2, 0.25) is 0 Å². The average molecular weight is 224 g/mol. The number of rotatable bonds is 4. The Morgan fingerprint density at radius 1 is 1.31 bits per heavy atom. The number of methoxy groups -OCH3 is 1. The van der Waals surface area contributed by atoms with Gasteiger partial charge in [-0.25, -0.2) is 4.79 Å². The molecule has 0 spiro atoms. The van der Waals surface area contributed by atoms with Gasteiger partial charge in [-0.3, -0.25) is 0 Å². The van der Waals surface area contributed by atoms with E-state index in [4.69, 9.17) is 4.74 Å². The SMILES string of the molecule is COC(=O)C(C)Oc1ccccc1[C@@H](C)O. The van der Waals surface area contributed by atoms with E-state index in [0.717, 1.165) is 0 Å². The van der Waals surface area contributed by atoms with Crippen LogP contribution in [0, 0.1) is 0 Å². The molecule has 1 aromatic rings. The topological polar surface area (TPSA) is 55.8 Å². The van der Waals surface area contributed by atoms with Gasteiger partial charge in [0.1, 0.15) is 5.75 Å². The van der Waals surface area contributed by atoms with E-state index in [1.165, 1.54) is 7.11 Å². The predicted molar refractivity (Wildman–Crippen MR) is 59.2 cm³/mol. The van der Waals surface area contributed by atoms with E-state index in [-0.39, 0.29) is 0 Å². The Morgan fingerprint density at radius 2 is 1.94 bits per heavy atom. The van der Waals surface area contributed by atoms with Gasteiger partial charge in [0, 0.05) is 5.56 Å². The maximum Gasteiger partial charge on any atom is 0.346 e. The van der Waals surface area contributed by atoms with Crippen LogP contribution in [-0.4, -0.2) is 24.3 Å². The Morgan fingerprint density at radius 3 is 2.50 bits per heavy atom. The maximum absolute atomic E-state index is 11.2. The first-order valence-electron chi connectivity index (χ1n) is 5.07. The van der Waals surface area contributed by atoms with Crippen LogP contribution >= 0.6 is 0 Å². The number of carbonyl (C=O) groups excluding carboxylic acids is 1. The molecule has 4 nitrogen and oxygen atoms in total. The third kappa shape index (κ3) is 2.97. The van der Waals surface area contributed by atoms with E-state index >= 15 is 0 Å².